The number of carbonyl (C=O) groups excluding carboxylic acids is 1. The summed E-state index contributed by atoms with van der Waals surface area (Å²) in [7, 11) is 1.84. The Morgan fingerprint density at radius 1 is 1.28 bits per heavy atom. The van der Waals surface area contributed by atoms with Crippen molar-refractivity contribution >= 4 is 16.9 Å². The summed E-state index contributed by atoms with van der Waals surface area (Å²) < 4.78 is 1.71. The summed E-state index contributed by atoms with van der Waals surface area (Å²) in [4.78, 5) is 21.4. The first-order valence-electron chi connectivity index (χ1n) is 8.29. The molecule has 1 amide bonds. The van der Waals surface area contributed by atoms with Crippen LogP contribution in [0.2, 0.25) is 0 Å². The van der Waals surface area contributed by atoms with Gasteiger partial charge in [0.25, 0.3) is 5.91 Å². The first kappa shape index (κ1) is 15.7. The quantitative estimate of drug-likeness (QED) is 0.754. The Hall–Kier alpha value is -2.80. The summed E-state index contributed by atoms with van der Waals surface area (Å²) in [5.41, 5.74) is 2.66. The normalized spacial score (nSPS) is 20.9. The zero-order chi connectivity index (χ0) is 17.4. The number of rotatable bonds is 4. The third kappa shape index (κ3) is 3.10. The molecule has 2 aromatic heterocycles. The molecule has 0 radical (unpaired) electrons. The van der Waals surface area contributed by atoms with Crippen LogP contribution in [0.5, 0.6) is 0 Å². The number of aromatic nitrogens is 4. The minimum atomic E-state index is -0.290. The van der Waals surface area contributed by atoms with Crippen LogP contribution in [0.25, 0.3) is 11.0 Å². The molecule has 1 aliphatic carbocycles. The zero-order valence-electron chi connectivity index (χ0n) is 13.8. The number of hydrogen-bond acceptors (Lipinski definition) is 5. The summed E-state index contributed by atoms with van der Waals surface area (Å²) in [5.74, 6) is -0.0786. The van der Waals surface area contributed by atoms with E-state index in [0.29, 0.717) is 18.4 Å². The van der Waals surface area contributed by atoms with Crippen molar-refractivity contribution in [2.24, 2.45) is 13.0 Å². The van der Waals surface area contributed by atoms with Gasteiger partial charge in [0.2, 0.25) is 0 Å². The average molecular weight is 337 g/mol. The van der Waals surface area contributed by atoms with E-state index in [0.717, 1.165) is 11.1 Å². The molecule has 1 saturated carbocycles. The van der Waals surface area contributed by atoms with Crippen molar-refractivity contribution in [3.8, 4) is 0 Å². The zero-order valence-corrected chi connectivity index (χ0v) is 13.8. The van der Waals surface area contributed by atoms with E-state index in [4.69, 9.17) is 0 Å². The Bertz CT molecular complexity index is 916. The van der Waals surface area contributed by atoms with Crippen LogP contribution in [0.3, 0.4) is 0 Å². The van der Waals surface area contributed by atoms with Crippen molar-refractivity contribution in [1.29, 1.82) is 0 Å². The summed E-state index contributed by atoms with van der Waals surface area (Å²) in [6.45, 7) is 0. The number of aryl methyl sites for hydroxylation is 1. The predicted octanol–water partition coefficient (Wildman–Crippen LogP) is 1.61. The minimum Gasteiger partial charge on any atom is -0.393 e. The molecule has 0 unspecified atom stereocenters. The molecular formula is C18H19N5O2. The highest BCUT2D eigenvalue weighted by atomic mass is 16.3. The molecule has 25 heavy (non-hydrogen) atoms. The van der Waals surface area contributed by atoms with Gasteiger partial charge in [0.15, 0.2) is 0 Å². The lowest BCUT2D eigenvalue weighted by Crippen LogP contribution is -2.41. The topological polar surface area (TPSA) is 92.9 Å². The fourth-order valence-corrected chi connectivity index (χ4v) is 3.26. The van der Waals surface area contributed by atoms with E-state index < -0.39 is 0 Å². The maximum atomic E-state index is 12.7. The Kier molecular flexibility index (Phi) is 3.93. The molecule has 7 heteroatoms. The fraction of sp³-hybridized carbons (Fsp3) is 0.333. The minimum absolute atomic E-state index is 0.191. The average Bonchev–Trinajstić information content (AvgIpc) is 3.03. The molecule has 1 aliphatic rings. The lowest BCUT2D eigenvalue weighted by molar-refractivity contribution is 0.0234. The number of carbonyl (C=O) groups is 1. The van der Waals surface area contributed by atoms with Gasteiger partial charge in [0.05, 0.1) is 35.6 Å². The third-order valence-corrected chi connectivity index (χ3v) is 4.67. The second-order valence-electron chi connectivity index (χ2n) is 6.53. The lowest BCUT2D eigenvalue weighted by atomic mass is 9.75. The van der Waals surface area contributed by atoms with Crippen molar-refractivity contribution in [2.75, 3.05) is 0 Å². The number of aliphatic hydroxyl groups excluding tert-OH is 1. The Labute approximate surface area is 144 Å². The van der Waals surface area contributed by atoms with Crippen LogP contribution in [0, 0.1) is 5.92 Å². The highest BCUT2D eigenvalue weighted by Crippen LogP contribution is 2.38. The first-order chi connectivity index (χ1) is 12.1. The van der Waals surface area contributed by atoms with Gasteiger partial charge in [-0.15, -0.1) is 0 Å². The highest BCUT2D eigenvalue weighted by Gasteiger charge is 2.36. The summed E-state index contributed by atoms with van der Waals surface area (Å²) in [6, 6.07) is 7.25. The van der Waals surface area contributed by atoms with E-state index in [-0.39, 0.29) is 29.7 Å². The van der Waals surface area contributed by atoms with Gasteiger partial charge < -0.3 is 10.4 Å². The molecule has 0 saturated heterocycles. The Morgan fingerprint density at radius 3 is 2.72 bits per heavy atom. The molecule has 0 spiro atoms. The summed E-state index contributed by atoms with van der Waals surface area (Å²) >= 11 is 0. The summed E-state index contributed by atoms with van der Waals surface area (Å²) in [5, 5.41) is 16.9. The Morgan fingerprint density at radius 2 is 2.04 bits per heavy atom. The van der Waals surface area contributed by atoms with Gasteiger partial charge in [-0.25, -0.2) is 4.98 Å². The number of amides is 1. The monoisotopic (exact) mass is 337 g/mol. The summed E-state index contributed by atoms with van der Waals surface area (Å²) in [6.07, 6.45) is 6.19. The molecule has 1 aromatic carbocycles. The van der Waals surface area contributed by atoms with Gasteiger partial charge in [-0.2, -0.15) is 5.10 Å². The van der Waals surface area contributed by atoms with Gasteiger partial charge in [0, 0.05) is 18.8 Å². The number of fused-ring (bicyclic) bond motifs is 1. The van der Waals surface area contributed by atoms with Gasteiger partial charge in [-0.05, 0) is 30.9 Å². The second kappa shape index (κ2) is 6.25. The third-order valence-electron chi connectivity index (χ3n) is 4.67. The second-order valence-corrected chi connectivity index (χ2v) is 6.53. The maximum Gasteiger partial charge on any atom is 0.272 e. The van der Waals surface area contributed by atoms with Gasteiger partial charge >= 0.3 is 0 Å². The number of hydrogen-bond donors (Lipinski definition) is 2. The van der Waals surface area contributed by atoms with Crippen molar-refractivity contribution < 1.29 is 9.90 Å². The van der Waals surface area contributed by atoms with Crippen molar-refractivity contribution in [3.63, 3.8) is 0 Å². The van der Waals surface area contributed by atoms with E-state index in [2.05, 4.69) is 20.4 Å². The van der Waals surface area contributed by atoms with Gasteiger partial charge in [-0.3, -0.25) is 14.5 Å². The molecule has 0 aliphatic heterocycles. The smallest absolute Gasteiger partial charge is 0.272 e. The predicted molar refractivity (Wildman–Crippen MR) is 91.7 cm³/mol. The maximum absolute atomic E-state index is 12.7. The largest absolute Gasteiger partial charge is 0.393 e. The molecule has 128 valence electrons. The van der Waals surface area contributed by atoms with Crippen LogP contribution in [-0.2, 0) is 7.05 Å². The molecule has 2 heterocycles. The molecule has 4 rings (SSSR count). The molecule has 1 atom stereocenters. The number of aliphatic hydroxyl groups is 1. The number of nitrogens with one attached hydrogen (secondary N) is 1. The first-order valence-corrected chi connectivity index (χ1v) is 8.29. The van der Waals surface area contributed by atoms with Crippen LogP contribution in [-0.4, -0.2) is 36.9 Å². The van der Waals surface area contributed by atoms with Crippen LogP contribution in [0.1, 0.15) is 34.9 Å². The lowest BCUT2D eigenvalue weighted by Gasteiger charge is -2.37. The van der Waals surface area contributed by atoms with E-state index in [1.165, 1.54) is 6.20 Å². The van der Waals surface area contributed by atoms with E-state index in [1.54, 1.807) is 10.9 Å². The van der Waals surface area contributed by atoms with Gasteiger partial charge in [0.1, 0.15) is 5.69 Å². The SMILES string of the molecule is Cn1cc([C@@H](NC(=O)c2cnc3ccccc3n2)C2CC(O)C2)cn1. The molecule has 2 N–H and O–H groups in total. The van der Waals surface area contributed by atoms with Gasteiger partial charge in [-0.1, -0.05) is 12.1 Å². The fourth-order valence-electron chi connectivity index (χ4n) is 3.26. The van der Waals surface area contributed by atoms with Crippen molar-refractivity contribution in [1.82, 2.24) is 25.1 Å². The highest BCUT2D eigenvalue weighted by molar-refractivity contribution is 5.94. The van der Waals surface area contributed by atoms with Crippen molar-refractivity contribution in [2.45, 2.75) is 25.0 Å². The molecule has 7 nitrogen and oxygen atoms in total. The number of benzene rings is 1. The standard InChI is InChI=1S/C18H19N5O2/c1-23-10-12(8-20-23)17(11-6-13(24)7-11)22-18(25)16-9-19-14-4-2-3-5-15(14)21-16/h2-5,8-11,13,17,24H,6-7H2,1H3,(H,22,25)/t11?,13?,17-/m0/s1. The van der Waals surface area contributed by atoms with Crippen LogP contribution in [0.15, 0.2) is 42.9 Å². The van der Waals surface area contributed by atoms with Crippen molar-refractivity contribution in [3.05, 3.63) is 54.1 Å². The molecule has 3 aromatic rings. The van der Waals surface area contributed by atoms with E-state index in [1.807, 2.05) is 37.5 Å². The van der Waals surface area contributed by atoms with E-state index >= 15 is 0 Å². The molecule has 1 fully saturated rings. The van der Waals surface area contributed by atoms with Crippen LogP contribution >= 0.6 is 0 Å². The molecular weight excluding hydrogens is 318 g/mol. The van der Waals surface area contributed by atoms with Crippen LogP contribution in [0.4, 0.5) is 0 Å². The molecule has 0 bridgehead atoms. The Balaban J connectivity index is 1.58. The number of para-hydroxylation sites is 2. The van der Waals surface area contributed by atoms with Crippen LogP contribution < -0.4 is 5.32 Å². The number of nitrogens with zero attached hydrogens (tertiary/aromatic N) is 4. The van der Waals surface area contributed by atoms with E-state index in [9.17, 15) is 9.90 Å².